The quantitative estimate of drug-likeness (QED) is 0.424. The number of anilines is 1. The molecule has 9 heteroatoms. The van der Waals surface area contributed by atoms with Crippen molar-refractivity contribution < 1.29 is 17.6 Å². The first-order valence-electron chi connectivity index (χ1n) is 9.81. The van der Waals surface area contributed by atoms with Crippen molar-refractivity contribution in [3.8, 4) is 6.07 Å². The highest BCUT2D eigenvalue weighted by Gasteiger charge is 2.33. The maximum atomic E-state index is 13.7. The van der Waals surface area contributed by atoms with Crippen LogP contribution in [0.25, 0.3) is 0 Å². The molecule has 3 aromatic carbocycles. The van der Waals surface area contributed by atoms with Gasteiger partial charge in [0, 0.05) is 0 Å². The predicted octanol–water partition coefficient (Wildman–Crippen LogP) is 3.84. The van der Waals surface area contributed by atoms with Gasteiger partial charge >= 0.3 is 0 Å². The highest BCUT2D eigenvalue weighted by atomic mass is 32.2. The summed E-state index contributed by atoms with van der Waals surface area (Å²) < 4.78 is 39.5. The minimum atomic E-state index is -3.97. The minimum absolute atomic E-state index is 0.103. The lowest BCUT2D eigenvalue weighted by Crippen LogP contribution is -2.44. The zero-order chi connectivity index (χ0) is 24.2. The number of aryl methyl sites for hydroxylation is 1. The fraction of sp³-hybridized carbons (Fsp3) is 0.125. The topological polar surface area (TPSA) is 104 Å². The first kappa shape index (κ1) is 24.0. The SMILES string of the molecule is Cc1cc(N(C(=O)[C@@H](CS(=O)(=O)c2ccc(F)cc2)c2ccccc2)C(N)=S)ccc1C#N. The first-order valence-corrected chi connectivity index (χ1v) is 11.9. The molecule has 168 valence electrons. The van der Waals surface area contributed by atoms with E-state index in [0.717, 1.165) is 29.2 Å². The monoisotopic (exact) mass is 481 g/mol. The molecule has 0 aromatic heterocycles. The summed E-state index contributed by atoms with van der Waals surface area (Å²) >= 11 is 5.12. The van der Waals surface area contributed by atoms with E-state index in [1.54, 1.807) is 43.3 Å². The summed E-state index contributed by atoms with van der Waals surface area (Å²) in [5.74, 6) is -2.92. The van der Waals surface area contributed by atoms with Gasteiger partial charge in [0.2, 0.25) is 5.91 Å². The van der Waals surface area contributed by atoms with Crippen LogP contribution in [-0.2, 0) is 14.6 Å². The molecular formula is C24H20FN3O3S2. The number of sulfone groups is 1. The Morgan fingerprint density at radius 1 is 1.12 bits per heavy atom. The van der Waals surface area contributed by atoms with E-state index < -0.39 is 33.2 Å². The third kappa shape index (κ3) is 5.42. The van der Waals surface area contributed by atoms with Gasteiger partial charge in [-0.1, -0.05) is 30.3 Å². The van der Waals surface area contributed by atoms with E-state index in [1.807, 2.05) is 6.07 Å². The molecule has 2 N–H and O–H groups in total. The highest BCUT2D eigenvalue weighted by Crippen LogP contribution is 2.28. The summed E-state index contributed by atoms with van der Waals surface area (Å²) in [6.07, 6.45) is 0. The zero-order valence-electron chi connectivity index (χ0n) is 17.6. The second kappa shape index (κ2) is 9.90. The van der Waals surface area contributed by atoms with E-state index in [0.29, 0.717) is 22.4 Å². The summed E-state index contributed by atoms with van der Waals surface area (Å²) in [5, 5.41) is 8.93. The van der Waals surface area contributed by atoms with Crippen molar-refractivity contribution in [1.82, 2.24) is 0 Å². The number of nitrogens with zero attached hydrogens (tertiary/aromatic N) is 2. The number of halogens is 1. The fourth-order valence-corrected chi connectivity index (χ4v) is 5.10. The molecule has 1 amide bonds. The molecule has 33 heavy (non-hydrogen) atoms. The third-order valence-corrected chi connectivity index (χ3v) is 7.03. The van der Waals surface area contributed by atoms with Gasteiger partial charge in [-0.25, -0.2) is 12.8 Å². The Balaban J connectivity index is 2.07. The molecule has 0 saturated carbocycles. The molecule has 6 nitrogen and oxygen atoms in total. The summed E-state index contributed by atoms with van der Waals surface area (Å²) in [7, 11) is -3.97. The Bertz CT molecular complexity index is 1340. The minimum Gasteiger partial charge on any atom is -0.376 e. The van der Waals surface area contributed by atoms with Gasteiger partial charge in [-0.15, -0.1) is 0 Å². The summed E-state index contributed by atoms with van der Waals surface area (Å²) in [6.45, 7) is 1.71. The predicted molar refractivity (Wildman–Crippen MR) is 128 cm³/mol. The molecule has 0 aliphatic rings. The van der Waals surface area contributed by atoms with E-state index >= 15 is 0 Å². The van der Waals surface area contributed by atoms with E-state index in [9.17, 15) is 22.9 Å². The van der Waals surface area contributed by atoms with Crippen LogP contribution in [0, 0.1) is 24.1 Å². The first-order chi connectivity index (χ1) is 15.6. The Morgan fingerprint density at radius 2 is 1.76 bits per heavy atom. The number of thiocarbonyl (C=S) groups is 1. The van der Waals surface area contributed by atoms with Crippen molar-refractivity contribution in [1.29, 1.82) is 5.26 Å². The lowest BCUT2D eigenvalue weighted by atomic mass is 9.99. The molecule has 0 aliphatic heterocycles. The second-order valence-corrected chi connectivity index (χ2v) is 9.77. The molecule has 0 unspecified atom stereocenters. The average Bonchev–Trinajstić information content (AvgIpc) is 2.78. The van der Waals surface area contributed by atoms with Crippen LogP contribution in [0.2, 0.25) is 0 Å². The van der Waals surface area contributed by atoms with Crippen LogP contribution in [-0.4, -0.2) is 25.2 Å². The molecular weight excluding hydrogens is 461 g/mol. The number of carbonyl (C=O) groups excluding carboxylic acids is 1. The van der Waals surface area contributed by atoms with E-state index in [1.165, 1.54) is 12.1 Å². The number of benzene rings is 3. The lowest BCUT2D eigenvalue weighted by molar-refractivity contribution is -0.118. The second-order valence-electron chi connectivity index (χ2n) is 7.32. The maximum Gasteiger partial charge on any atom is 0.241 e. The molecule has 0 fully saturated rings. The summed E-state index contributed by atoms with van der Waals surface area (Å²) in [4.78, 5) is 14.7. The van der Waals surface area contributed by atoms with Crippen molar-refractivity contribution in [2.75, 3.05) is 10.7 Å². The van der Waals surface area contributed by atoms with Crippen molar-refractivity contribution in [2.45, 2.75) is 17.7 Å². The molecule has 3 rings (SSSR count). The number of rotatable bonds is 6. The van der Waals surface area contributed by atoms with Crippen LogP contribution in [0.15, 0.2) is 77.7 Å². The molecule has 0 bridgehead atoms. The number of nitriles is 1. The third-order valence-electron chi connectivity index (χ3n) is 5.09. The van der Waals surface area contributed by atoms with Crippen LogP contribution in [0.3, 0.4) is 0 Å². The largest absolute Gasteiger partial charge is 0.376 e. The number of hydrogen-bond donors (Lipinski definition) is 1. The number of hydrogen-bond acceptors (Lipinski definition) is 5. The zero-order valence-corrected chi connectivity index (χ0v) is 19.2. The van der Waals surface area contributed by atoms with Gasteiger partial charge in [0.15, 0.2) is 14.9 Å². The van der Waals surface area contributed by atoms with Gasteiger partial charge in [-0.05, 0) is 72.7 Å². The Morgan fingerprint density at radius 3 is 2.30 bits per heavy atom. The highest BCUT2D eigenvalue weighted by molar-refractivity contribution is 7.91. The van der Waals surface area contributed by atoms with Crippen LogP contribution in [0.4, 0.5) is 10.1 Å². The smallest absolute Gasteiger partial charge is 0.241 e. The lowest BCUT2D eigenvalue weighted by Gasteiger charge is -2.27. The van der Waals surface area contributed by atoms with Crippen LogP contribution in [0.1, 0.15) is 22.6 Å². The van der Waals surface area contributed by atoms with Gasteiger partial charge in [0.1, 0.15) is 5.82 Å². The Hall–Kier alpha value is -3.61. The van der Waals surface area contributed by atoms with E-state index in [-0.39, 0.29) is 10.0 Å². The Kier molecular flexibility index (Phi) is 7.21. The Labute approximate surface area is 197 Å². The molecule has 1 atom stereocenters. The van der Waals surface area contributed by atoms with Gasteiger partial charge < -0.3 is 5.73 Å². The van der Waals surface area contributed by atoms with Gasteiger partial charge in [-0.2, -0.15) is 5.26 Å². The normalized spacial score (nSPS) is 11.9. The standard InChI is InChI=1S/C24H20FN3O3S2/c1-16-13-20(10-7-18(16)14-26)28(24(27)32)23(29)22(17-5-3-2-4-6-17)15-33(30,31)21-11-8-19(25)9-12-21/h2-13,22H,15H2,1H3,(H2,27,32)/t22-/m0/s1. The van der Waals surface area contributed by atoms with Crippen molar-refractivity contribution in [3.05, 3.63) is 95.3 Å². The van der Waals surface area contributed by atoms with E-state index in [4.69, 9.17) is 18.0 Å². The van der Waals surface area contributed by atoms with Crippen LogP contribution < -0.4 is 10.6 Å². The van der Waals surface area contributed by atoms with Gasteiger partial charge in [-0.3, -0.25) is 9.69 Å². The summed E-state index contributed by atoms with van der Waals surface area (Å²) in [5.41, 5.74) is 7.69. The number of nitrogens with two attached hydrogens (primary N) is 1. The molecule has 0 saturated heterocycles. The average molecular weight is 482 g/mol. The molecule has 3 aromatic rings. The number of amides is 1. The van der Waals surface area contributed by atoms with Crippen molar-refractivity contribution in [2.24, 2.45) is 5.73 Å². The van der Waals surface area contributed by atoms with Crippen molar-refractivity contribution in [3.63, 3.8) is 0 Å². The van der Waals surface area contributed by atoms with Gasteiger partial charge in [0.05, 0.1) is 33.9 Å². The fourth-order valence-electron chi connectivity index (χ4n) is 3.38. The maximum absolute atomic E-state index is 13.7. The van der Waals surface area contributed by atoms with Crippen molar-refractivity contribution >= 4 is 38.8 Å². The molecule has 0 spiro atoms. The van der Waals surface area contributed by atoms with E-state index in [2.05, 4.69) is 0 Å². The molecule has 0 heterocycles. The molecule has 0 aliphatic carbocycles. The van der Waals surface area contributed by atoms with Crippen LogP contribution in [0.5, 0.6) is 0 Å². The van der Waals surface area contributed by atoms with Crippen LogP contribution >= 0.6 is 12.2 Å². The van der Waals surface area contributed by atoms with Gasteiger partial charge in [0.25, 0.3) is 0 Å². The number of carbonyl (C=O) groups is 1. The molecule has 0 radical (unpaired) electrons. The summed E-state index contributed by atoms with van der Waals surface area (Å²) in [6, 6.07) is 19.5.